The standard InChI is InChI=1S/C22H16N4O7S/c23-34(32,33)17-8-6-15(7-9-17)25-19(14-4-2-10-24-12-14)18(21(28)22(25)29)20(27)13-3-1-5-16(11-13)26(30)31/h1-12,19,27H,(H2,23,32,33)/b20-18-. The summed E-state index contributed by atoms with van der Waals surface area (Å²) in [5, 5.41) is 27.3. The minimum absolute atomic E-state index is 0.0225. The number of hydrogen-bond acceptors (Lipinski definition) is 8. The molecule has 11 nitrogen and oxygen atoms in total. The van der Waals surface area contributed by atoms with E-state index in [-0.39, 0.29) is 27.4 Å². The number of aromatic nitrogens is 1. The number of aliphatic hydroxyl groups excluding tert-OH is 1. The molecule has 0 saturated carbocycles. The lowest BCUT2D eigenvalue weighted by Crippen LogP contribution is -2.29. The van der Waals surface area contributed by atoms with E-state index in [0.717, 1.165) is 11.0 Å². The molecule has 1 atom stereocenters. The van der Waals surface area contributed by atoms with Gasteiger partial charge in [0.25, 0.3) is 17.4 Å². The van der Waals surface area contributed by atoms with Gasteiger partial charge in [0, 0.05) is 35.8 Å². The van der Waals surface area contributed by atoms with Crippen LogP contribution in [-0.4, -0.2) is 35.1 Å². The number of carbonyl (C=O) groups is 2. The molecule has 1 saturated heterocycles. The molecule has 34 heavy (non-hydrogen) atoms. The van der Waals surface area contributed by atoms with Crippen molar-refractivity contribution in [1.29, 1.82) is 0 Å². The molecule has 12 heteroatoms. The molecule has 3 N–H and O–H groups in total. The molecule has 4 rings (SSSR count). The zero-order valence-corrected chi connectivity index (χ0v) is 18.0. The van der Waals surface area contributed by atoms with E-state index in [1.54, 1.807) is 12.1 Å². The Labute approximate surface area is 193 Å². The van der Waals surface area contributed by atoms with Gasteiger partial charge in [0.2, 0.25) is 10.0 Å². The van der Waals surface area contributed by atoms with Gasteiger partial charge in [0.1, 0.15) is 5.76 Å². The first kappa shape index (κ1) is 22.8. The molecule has 2 aromatic carbocycles. The van der Waals surface area contributed by atoms with Crippen molar-refractivity contribution in [3.8, 4) is 0 Å². The second kappa shape index (κ2) is 8.50. The largest absolute Gasteiger partial charge is 0.507 e. The summed E-state index contributed by atoms with van der Waals surface area (Å²) in [5.74, 6) is -2.60. The molecule has 172 valence electrons. The minimum atomic E-state index is -3.99. The topological polar surface area (TPSA) is 174 Å². The average molecular weight is 480 g/mol. The maximum absolute atomic E-state index is 13.1. The van der Waals surface area contributed by atoms with Crippen LogP contribution in [0.15, 0.2) is 83.5 Å². The van der Waals surface area contributed by atoms with E-state index in [9.17, 15) is 33.2 Å². The molecule has 0 radical (unpaired) electrons. The smallest absolute Gasteiger partial charge is 0.300 e. The maximum atomic E-state index is 13.1. The van der Waals surface area contributed by atoms with E-state index in [1.165, 1.54) is 54.9 Å². The van der Waals surface area contributed by atoms with Gasteiger partial charge in [-0.1, -0.05) is 18.2 Å². The zero-order chi connectivity index (χ0) is 24.6. The third kappa shape index (κ3) is 4.02. The highest BCUT2D eigenvalue weighted by Gasteiger charge is 2.47. The number of nitro benzene ring substituents is 1. The van der Waals surface area contributed by atoms with Gasteiger partial charge in [-0.2, -0.15) is 0 Å². The van der Waals surface area contributed by atoms with Crippen molar-refractivity contribution in [2.75, 3.05) is 4.90 Å². The first-order valence-electron chi connectivity index (χ1n) is 9.68. The van der Waals surface area contributed by atoms with Gasteiger partial charge >= 0.3 is 0 Å². The number of nitro groups is 1. The molecule has 0 aliphatic carbocycles. The lowest BCUT2D eigenvalue weighted by molar-refractivity contribution is -0.384. The van der Waals surface area contributed by atoms with Gasteiger partial charge in [0.15, 0.2) is 0 Å². The number of benzene rings is 2. The monoisotopic (exact) mass is 480 g/mol. The zero-order valence-electron chi connectivity index (χ0n) is 17.2. The van der Waals surface area contributed by atoms with Crippen LogP contribution in [0.5, 0.6) is 0 Å². The van der Waals surface area contributed by atoms with Gasteiger partial charge in [-0.3, -0.25) is 29.6 Å². The fourth-order valence-corrected chi connectivity index (χ4v) is 4.19. The molecular formula is C22H16N4O7S. The first-order valence-corrected chi connectivity index (χ1v) is 11.2. The lowest BCUT2D eigenvalue weighted by Gasteiger charge is -2.25. The molecule has 1 aliphatic rings. The van der Waals surface area contributed by atoms with Crippen molar-refractivity contribution in [3.63, 3.8) is 0 Å². The quantitative estimate of drug-likeness (QED) is 0.184. The van der Waals surface area contributed by atoms with Crippen molar-refractivity contribution >= 4 is 38.8 Å². The second-order valence-electron chi connectivity index (χ2n) is 7.30. The minimum Gasteiger partial charge on any atom is -0.507 e. The highest BCUT2D eigenvalue weighted by molar-refractivity contribution is 7.89. The predicted octanol–water partition coefficient (Wildman–Crippen LogP) is 2.26. The van der Waals surface area contributed by atoms with Crippen molar-refractivity contribution in [3.05, 3.63) is 99.9 Å². The van der Waals surface area contributed by atoms with Gasteiger partial charge in [-0.05, 0) is 35.9 Å². The van der Waals surface area contributed by atoms with Gasteiger partial charge in [-0.25, -0.2) is 13.6 Å². The van der Waals surface area contributed by atoms with Crippen LogP contribution in [0.4, 0.5) is 11.4 Å². The number of amides is 1. The summed E-state index contributed by atoms with van der Waals surface area (Å²) >= 11 is 0. The number of pyridine rings is 1. The molecule has 1 aromatic heterocycles. The number of Topliss-reactive ketones (excluding diaryl/α,β-unsaturated/α-hetero) is 1. The highest BCUT2D eigenvalue weighted by atomic mass is 32.2. The van der Waals surface area contributed by atoms with Crippen LogP contribution < -0.4 is 10.0 Å². The van der Waals surface area contributed by atoms with E-state index in [0.29, 0.717) is 5.56 Å². The van der Waals surface area contributed by atoms with Crippen LogP contribution in [-0.2, 0) is 19.6 Å². The van der Waals surface area contributed by atoms with Crippen molar-refractivity contribution in [2.45, 2.75) is 10.9 Å². The molecule has 2 heterocycles. The van der Waals surface area contributed by atoms with Gasteiger partial charge < -0.3 is 5.11 Å². The van der Waals surface area contributed by atoms with Crippen LogP contribution in [0, 0.1) is 10.1 Å². The first-order chi connectivity index (χ1) is 16.1. The van der Waals surface area contributed by atoms with E-state index < -0.39 is 38.4 Å². The number of primary sulfonamides is 1. The highest BCUT2D eigenvalue weighted by Crippen LogP contribution is 2.42. The summed E-state index contributed by atoms with van der Waals surface area (Å²) in [7, 11) is -3.99. The summed E-state index contributed by atoms with van der Waals surface area (Å²) in [6.45, 7) is 0. The summed E-state index contributed by atoms with van der Waals surface area (Å²) in [5.41, 5.74) is -0.0832. The fraction of sp³-hybridized carbons (Fsp3) is 0.0455. The molecule has 1 unspecified atom stereocenters. The average Bonchev–Trinajstić information content (AvgIpc) is 3.09. The Morgan fingerprint density at radius 2 is 1.79 bits per heavy atom. The Morgan fingerprint density at radius 1 is 1.09 bits per heavy atom. The third-order valence-corrected chi connectivity index (χ3v) is 6.15. The number of aliphatic hydroxyl groups is 1. The number of sulfonamides is 1. The third-order valence-electron chi connectivity index (χ3n) is 5.22. The number of non-ortho nitro benzene ring substituents is 1. The number of anilines is 1. The molecule has 0 bridgehead atoms. The summed E-state index contributed by atoms with van der Waals surface area (Å²) in [4.78, 5) is 41.5. The number of carbonyl (C=O) groups excluding carboxylic acids is 2. The number of ketones is 1. The fourth-order valence-electron chi connectivity index (χ4n) is 3.67. The van der Waals surface area contributed by atoms with Crippen LogP contribution in [0.3, 0.4) is 0 Å². The Morgan fingerprint density at radius 3 is 2.38 bits per heavy atom. The number of nitrogens with two attached hydrogens (primary N) is 1. The summed E-state index contributed by atoms with van der Waals surface area (Å²) in [6.07, 6.45) is 2.89. The predicted molar refractivity (Wildman–Crippen MR) is 120 cm³/mol. The van der Waals surface area contributed by atoms with Gasteiger partial charge in [-0.15, -0.1) is 0 Å². The molecule has 0 spiro atoms. The molecular weight excluding hydrogens is 464 g/mol. The van der Waals surface area contributed by atoms with E-state index in [2.05, 4.69) is 4.98 Å². The summed E-state index contributed by atoms with van der Waals surface area (Å²) < 4.78 is 23.2. The molecule has 1 amide bonds. The van der Waals surface area contributed by atoms with Crippen LogP contribution in [0.25, 0.3) is 5.76 Å². The van der Waals surface area contributed by atoms with E-state index in [1.807, 2.05) is 0 Å². The normalized spacial score (nSPS) is 17.7. The maximum Gasteiger partial charge on any atom is 0.300 e. The molecule has 1 aliphatic heterocycles. The Hall–Kier alpha value is -4.42. The second-order valence-corrected chi connectivity index (χ2v) is 8.86. The Bertz CT molecular complexity index is 1450. The van der Waals surface area contributed by atoms with Crippen molar-refractivity contribution in [2.24, 2.45) is 5.14 Å². The van der Waals surface area contributed by atoms with Crippen LogP contribution in [0.2, 0.25) is 0 Å². The van der Waals surface area contributed by atoms with Gasteiger partial charge in [0.05, 0.1) is 21.4 Å². The van der Waals surface area contributed by atoms with Crippen LogP contribution >= 0.6 is 0 Å². The molecule has 1 fully saturated rings. The summed E-state index contributed by atoms with van der Waals surface area (Å²) in [6, 6.07) is 12.0. The Balaban J connectivity index is 1.92. The van der Waals surface area contributed by atoms with Crippen LogP contribution in [0.1, 0.15) is 17.2 Å². The number of rotatable bonds is 5. The molecule has 3 aromatic rings. The lowest BCUT2D eigenvalue weighted by atomic mass is 9.96. The van der Waals surface area contributed by atoms with Crippen molar-refractivity contribution < 1.29 is 28.0 Å². The SMILES string of the molecule is NS(=O)(=O)c1ccc(N2C(=O)C(=O)/C(=C(\O)c3cccc([N+](=O)[O-])c3)C2c2cccnc2)cc1. The van der Waals surface area contributed by atoms with E-state index in [4.69, 9.17) is 5.14 Å². The Kier molecular flexibility index (Phi) is 5.69. The van der Waals surface area contributed by atoms with E-state index >= 15 is 0 Å². The van der Waals surface area contributed by atoms with Crippen molar-refractivity contribution in [1.82, 2.24) is 4.98 Å². The number of nitrogens with zero attached hydrogens (tertiary/aromatic N) is 3. The number of hydrogen-bond donors (Lipinski definition) is 2.